The lowest BCUT2D eigenvalue weighted by Crippen LogP contribution is -2.55. The Hall–Kier alpha value is -2.78. The Morgan fingerprint density at radius 1 is 1.10 bits per heavy atom. The van der Waals surface area contributed by atoms with Crippen LogP contribution >= 0.6 is 11.8 Å². The van der Waals surface area contributed by atoms with Crippen LogP contribution in [0, 0.1) is 11.8 Å². The highest BCUT2D eigenvalue weighted by Gasteiger charge is 2.77. The molecule has 5 atom stereocenters. The lowest BCUT2D eigenvalue weighted by Gasteiger charge is -2.37. The van der Waals surface area contributed by atoms with E-state index in [-0.39, 0.29) is 24.3 Å². The van der Waals surface area contributed by atoms with E-state index in [1.807, 2.05) is 24.3 Å². The minimum atomic E-state index is -0.681. The van der Waals surface area contributed by atoms with E-state index in [2.05, 4.69) is 20.1 Å². The van der Waals surface area contributed by atoms with E-state index in [0.29, 0.717) is 43.9 Å². The SMILES string of the molecule is C=CCN(C)C(=O)[C@H]1[C@H]2C(=O)N(CCCCCCO)C(C(=O)N(CC=C)c3ccc(OC)cc3)C23CC[C@]1(C)S3. The normalized spacial score (nSPS) is 28.4. The number of aliphatic hydroxyl groups is 1. The number of ether oxygens (including phenoxy) is 1. The molecule has 2 unspecified atom stereocenters. The Balaban J connectivity index is 1.74. The summed E-state index contributed by atoms with van der Waals surface area (Å²) in [7, 11) is 3.36. The highest BCUT2D eigenvalue weighted by Crippen LogP contribution is 2.71. The van der Waals surface area contributed by atoms with Gasteiger partial charge in [-0.25, -0.2) is 0 Å². The molecule has 3 amide bonds. The molecule has 1 N–H and O–H groups in total. The number of fused-ring (bicyclic) bond motifs is 1. The number of anilines is 1. The number of unbranched alkanes of at least 4 members (excludes halogenated alkanes) is 3. The van der Waals surface area contributed by atoms with Crippen molar-refractivity contribution in [1.29, 1.82) is 0 Å². The lowest BCUT2D eigenvalue weighted by molar-refractivity contribution is -0.144. The first-order chi connectivity index (χ1) is 19.2. The topological polar surface area (TPSA) is 90.4 Å². The van der Waals surface area contributed by atoms with Crippen LogP contribution in [0.3, 0.4) is 0 Å². The molecule has 1 aromatic carbocycles. The average molecular weight is 570 g/mol. The standard InChI is InChI=1S/C31H43N3O5S/c1-6-18-32(4)27(36)24-25-28(37)34(20-10-8-9-11-21-35)26(31(25)17-16-30(24,3)40-31)29(38)33(19-7-2)22-12-14-23(39-5)15-13-22/h6-7,12-15,24-26,35H,1-2,8-11,16-21H2,3-5H3/t24-,25+,26?,30+,31?/m1/s1. The van der Waals surface area contributed by atoms with Crippen LogP contribution in [0.25, 0.3) is 0 Å². The van der Waals surface area contributed by atoms with Crippen molar-refractivity contribution >= 4 is 35.2 Å². The van der Waals surface area contributed by atoms with Crippen molar-refractivity contribution in [3.8, 4) is 5.75 Å². The molecule has 1 aromatic rings. The zero-order valence-electron chi connectivity index (χ0n) is 24.0. The third-order valence-corrected chi connectivity index (χ3v) is 10.8. The fourth-order valence-corrected chi connectivity index (χ4v) is 9.30. The predicted octanol–water partition coefficient (Wildman–Crippen LogP) is 3.89. The second-order valence-electron chi connectivity index (χ2n) is 11.3. The molecule has 218 valence electrons. The van der Waals surface area contributed by atoms with Crippen LogP contribution in [-0.2, 0) is 14.4 Å². The van der Waals surface area contributed by atoms with Crippen LogP contribution in [0.1, 0.15) is 45.4 Å². The summed E-state index contributed by atoms with van der Waals surface area (Å²) in [6.45, 7) is 11.1. The summed E-state index contributed by atoms with van der Waals surface area (Å²) >= 11 is 1.69. The minimum Gasteiger partial charge on any atom is -0.497 e. The van der Waals surface area contributed by atoms with Gasteiger partial charge in [0, 0.05) is 43.7 Å². The van der Waals surface area contributed by atoms with Gasteiger partial charge >= 0.3 is 0 Å². The number of thioether (sulfide) groups is 1. The number of likely N-dealkylation sites (tertiary alicyclic amines) is 1. The zero-order valence-corrected chi connectivity index (χ0v) is 24.8. The third kappa shape index (κ3) is 5.18. The maximum Gasteiger partial charge on any atom is 0.251 e. The molecule has 4 rings (SSSR count). The van der Waals surface area contributed by atoms with Gasteiger partial charge in [-0.2, -0.15) is 0 Å². The van der Waals surface area contributed by atoms with Gasteiger partial charge in [-0.15, -0.1) is 24.9 Å². The van der Waals surface area contributed by atoms with E-state index < -0.39 is 27.4 Å². The molecular formula is C31H43N3O5S. The van der Waals surface area contributed by atoms with Crippen molar-refractivity contribution in [2.45, 2.75) is 61.0 Å². The van der Waals surface area contributed by atoms with E-state index in [4.69, 9.17) is 4.74 Å². The zero-order chi connectivity index (χ0) is 29.1. The van der Waals surface area contributed by atoms with Crippen LogP contribution in [-0.4, -0.2) is 88.6 Å². The van der Waals surface area contributed by atoms with Crippen LogP contribution in [0.4, 0.5) is 5.69 Å². The van der Waals surface area contributed by atoms with Crippen LogP contribution in [0.15, 0.2) is 49.6 Å². The molecule has 9 heteroatoms. The van der Waals surface area contributed by atoms with Crippen molar-refractivity contribution in [1.82, 2.24) is 9.80 Å². The fourth-order valence-electron chi connectivity index (χ4n) is 6.95. The van der Waals surface area contributed by atoms with Gasteiger partial charge in [0.1, 0.15) is 11.8 Å². The molecule has 0 saturated carbocycles. The van der Waals surface area contributed by atoms with Crippen molar-refractivity contribution in [2.24, 2.45) is 11.8 Å². The summed E-state index contributed by atoms with van der Waals surface area (Å²) in [6, 6.07) is 6.66. The smallest absolute Gasteiger partial charge is 0.251 e. The summed E-state index contributed by atoms with van der Waals surface area (Å²) in [5, 5.41) is 9.18. The number of nitrogens with zero attached hydrogens (tertiary/aromatic N) is 3. The summed E-state index contributed by atoms with van der Waals surface area (Å²) in [5.74, 6) is -0.632. The number of rotatable bonds is 14. The molecule has 3 aliphatic heterocycles. The number of carbonyl (C=O) groups is 3. The number of carbonyl (C=O) groups excluding carboxylic acids is 3. The molecule has 3 fully saturated rings. The Kier molecular flexibility index (Phi) is 9.35. The molecular weight excluding hydrogens is 526 g/mol. The molecule has 0 aromatic heterocycles. The maximum absolute atomic E-state index is 14.6. The van der Waals surface area contributed by atoms with Gasteiger partial charge in [0.25, 0.3) is 5.91 Å². The van der Waals surface area contributed by atoms with Crippen molar-refractivity contribution in [2.75, 3.05) is 45.3 Å². The number of amides is 3. The summed E-state index contributed by atoms with van der Waals surface area (Å²) in [6.07, 6.45) is 8.05. The van der Waals surface area contributed by atoms with Gasteiger partial charge in [0.05, 0.1) is 23.7 Å². The van der Waals surface area contributed by atoms with Gasteiger partial charge in [-0.05, 0) is 56.9 Å². The van der Waals surface area contributed by atoms with E-state index in [1.54, 1.807) is 52.8 Å². The first-order valence-corrected chi connectivity index (χ1v) is 15.0. The molecule has 40 heavy (non-hydrogen) atoms. The second kappa shape index (κ2) is 12.4. The quantitative estimate of drug-likeness (QED) is 0.270. The molecule has 2 bridgehead atoms. The molecule has 3 aliphatic rings. The first kappa shape index (κ1) is 30.2. The highest BCUT2D eigenvalue weighted by atomic mass is 32.2. The number of methoxy groups -OCH3 is 1. The van der Waals surface area contributed by atoms with Crippen LogP contribution < -0.4 is 9.64 Å². The Bertz CT molecular complexity index is 1130. The lowest BCUT2D eigenvalue weighted by atomic mass is 9.66. The van der Waals surface area contributed by atoms with E-state index >= 15 is 0 Å². The second-order valence-corrected chi connectivity index (χ2v) is 13.2. The molecule has 0 radical (unpaired) electrons. The fraction of sp³-hybridized carbons (Fsp3) is 0.581. The van der Waals surface area contributed by atoms with E-state index in [0.717, 1.165) is 25.7 Å². The van der Waals surface area contributed by atoms with Gasteiger partial charge in [0.15, 0.2) is 0 Å². The van der Waals surface area contributed by atoms with Gasteiger partial charge in [-0.3, -0.25) is 14.4 Å². The number of likely N-dealkylation sites (N-methyl/N-ethyl adjacent to an activating group) is 1. The van der Waals surface area contributed by atoms with Crippen molar-refractivity contribution in [3.05, 3.63) is 49.6 Å². The summed E-state index contributed by atoms with van der Waals surface area (Å²) < 4.78 is 4.23. The van der Waals surface area contributed by atoms with Crippen LogP contribution in [0.2, 0.25) is 0 Å². The molecule has 1 spiro atoms. The van der Waals surface area contributed by atoms with Crippen LogP contribution in [0.5, 0.6) is 5.75 Å². The first-order valence-electron chi connectivity index (χ1n) is 14.2. The van der Waals surface area contributed by atoms with Crippen molar-refractivity contribution < 1.29 is 24.2 Å². The van der Waals surface area contributed by atoms with E-state index in [1.165, 1.54) is 0 Å². The number of aliphatic hydroxyl groups excluding tert-OH is 1. The molecule has 3 heterocycles. The third-order valence-electron chi connectivity index (χ3n) is 8.82. The van der Waals surface area contributed by atoms with Gasteiger partial charge in [-0.1, -0.05) is 25.0 Å². The number of hydrogen-bond acceptors (Lipinski definition) is 6. The monoisotopic (exact) mass is 569 g/mol. The summed E-state index contributed by atoms with van der Waals surface area (Å²) in [5.41, 5.74) is 0.711. The Morgan fingerprint density at radius 3 is 2.40 bits per heavy atom. The largest absolute Gasteiger partial charge is 0.497 e. The summed E-state index contributed by atoms with van der Waals surface area (Å²) in [4.78, 5) is 47.9. The van der Waals surface area contributed by atoms with Gasteiger partial charge < -0.3 is 24.5 Å². The Labute approximate surface area is 242 Å². The molecule has 3 saturated heterocycles. The maximum atomic E-state index is 14.6. The number of benzene rings is 1. The molecule has 0 aliphatic carbocycles. The predicted molar refractivity (Wildman–Crippen MR) is 159 cm³/mol. The minimum absolute atomic E-state index is 0.0519. The average Bonchev–Trinajstić information content (AvgIpc) is 3.51. The Morgan fingerprint density at radius 2 is 1.77 bits per heavy atom. The number of hydrogen-bond donors (Lipinski definition) is 1. The van der Waals surface area contributed by atoms with E-state index in [9.17, 15) is 19.5 Å². The van der Waals surface area contributed by atoms with Crippen molar-refractivity contribution in [3.63, 3.8) is 0 Å². The highest BCUT2D eigenvalue weighted by molar-refractivity contribution is 8.02. The van der Waals surface area contributed by atoms with Gasteiger partial charge in [0.2, 0.25) is 11.8 Å². The molecule has 8 nitrogen and oxygen atoms in total.